The number of hydrogen-bond acceptors (Lipinski definition) is 4. The van der Waals surface area contributed by atoms with E-state index in [1.807, 2.05) is 0 Å². The summed E-state index contributed by atoms with van der Waals surface area (Å²) >= 11 is 5.62. The predicted molar refractivity (Wildman–Crippen MR) is 58.4 cm³/mol. The molecule has 9 heteroatoms. The molecule has 0 saturated carbocycles. The van der Waals surface area contributed by atoms with E-state index in [1.54, 1.807) is 0 Å². The lowest BCUT2D eigenvalue weighted by atomic mass is 10.2. The van der Waals surface area contributed by atoms with Crippen molar-refractivity contribution >= 4 is 17.3 Å². The summed E-state index contributed by atoms with van der Waals surface area (Å²) in [6, 6.07) is 2.45. The van der Waals surface area contributed by atoms with E-state index >= 15 is 0 Å². The molecule has 18 heavy (non-hydrogen) atoms. The van der Waals surface area contributed by atoms with Gasteiger partial charge in [0.2, 0.25) is 0 Å². The van der Waals surface area contributed by atoms with Crippen molar-refractivity contribution in [3.8, 4) is 11.3 Å². The van der Waals surface area contributed by atoms with E-state index in [4.69, 9.17) is 11.6 Å². The minimum atomic E-state index is -2.81. The molecule has 0 aliphatic rings. The molecule has 2 rings (SSSR count). The Labute approximate surface area is 104 Å². The van der Waals surface area contributed by atoms with E-state index in [0.717, 1.165) is 12.4 Å². The summed E-state index contributed by atoms with van der Waals surface area (Å²) < 4.78 is 25.1. The van der Waals surface area contributed by atoms with Gasteiger partial charge in [-0.25, -0.2) is 9.67 Å². The SMILES string of the molecule is O=[N+]([O-])c1cnc(Cl)cc1-c1ccn(C(F)F)n1. The second-order valence-electron chi connectivity index (χ2n) is 3.24. The van der Waals surface area contributed by atoms with Gasteiger partial charge < -0.3 is 0 Å². The average molecular weight is 275 g/mol. The minimum absolute atomic E-state index is 0.0159. The van der Waals surface area contributed by atoms with Gasteiger partial charge in [0.25, 0.3) is 5.69 Å². The van der Waals surface area contributed by atoms with Gasteiger partial charge in [0.15, 0.2) is 0 Å². The smallest absolute Gasteiger partial charge is 0.258 e. The molecule has 0 aliphatic heterocycles. The van der Waals surface area contributed by atoms with Gasteiger partial charge in [-0.3, -0.25) is 10.1 Å². The third kappa shape index (κ3) is 2.28. The Hall–Kier alpha value is -2.09. The maximum Gasteiger partial charge on any atom is 0.333 e. The molecule has 0 atom stereocenters. The number of pyridine rings is 1. The van der Waals surface area contributed by atoms with E-state index in [-0.39, 0.29) is 22.1 Å². The standard InChI is InChI=1S/C9H5ClF2N4O2/c10-8-3-5(7(4-13-8)16(17)18)6-1-2-15(14-6)9(11)12/h1-4,9H. The zero-order valence-electron chi connectivity index (χ0n) is 8.63. The van der Waals surface area contributed by atoms with Crippen molar-refractivity contribution in [1.82, 2.24) is 14.8 Å². The number of hydrogen-bond donors (Lipinski definition) is 0. The maximum atomic E-state index is 12.4. The fourth-order valence-electron chi connectivity index (χ4n) is 1.36. The Morgan fingerprint density at radius 2 is 2.22 bits per heavy atom. The quantitative estimate of drug-likeness (QED) is 0.490. The van der Waals surface area contributed by atoms with Crippen LogP contribution in [0.25, 0.3) is 11.3 Å². The van der Waals surface area contributed by atoms with Gasteiger partial charge in [-0.15, -0.1) is 0 Å². The molecule has 0 N–H and O–H groups in total. The fourth-order valence-corrected chi connectivity index (χ4v) is 1.52. The summed E-state index contributed by atoms with van der Waals surface area (Å²) in [5, 5.41) is 14.3. The number of nitro groups is 1. The van der Waals surface area contributed by atoms with Crippen molar-refractivity contribution in [1.29, 1.82) is 0 Å². The zero-order valence-corrected chi connectivity index (χ0v) is 9.38. The van der Waals surface area contributed by atoms with Crippen LogP contribution in [0.3, 0.4) is 0 Å². The number of aromatic nitrogens is 3. The van der Waals surface area contributed by atoms with Crippen molar-refractivity contribution in [2.75, 3.05) is 0 Å². The molecule has 0 bridgehead atoms. The normalized spacial score (nSPS) is 10.9. The highest BCUT2D eigenvalue weighted by molar-refractivity contribution is 6.29. The second kappa shape index (κ2) is 4.65. The van der Waals surface area contributed by atoms with Gasteiger partial charge in [0, 0.05) is 6.20 Å². The predicted octanol–water partition coefficient (Wildman–Crippen LogP) is 2.90. The summed E-state index contributed by atoms with van der Waals surface area (Å²) in [6.07, 6.45) is 1.98. The van der Waals surface area contributed by atoms with Crippen LogP contribution in [-0.2, 0) is 0 Å². The van der Waals surface area contributed by atoms with Crippen LogP contribution in [0.15, 0.2) is 24.5 Å². The fraction of sp³-hybridized carbons (Fsp3) is 0.111. The van der Waals surface area contributed by atoms with Crippen molar-refractivity contribution in [2.24, 2.45) is 0 Å². The molecule has 2 aromatic rings. The van der Waals surface area contributed by atoms with Crippen molar-refractivity contribution in [3.63, 3.8) is 0 Å². The summed E-state index contributed by atoms with van der Waals surface area (Å²) in [7, 11) is 0. The van der Waals surface area contributed by atoms with Crippen LogP contribution in [0.4, 0.5) is 14.5 Å². The lowest BCUT2D eigenvalue weighted by molar-refractivity contribution is -0.384. The zero-order chi connectivity index (χ0) is 13.3. The molecule has 0 aliphatic carbocycles. The molecule has 0 amide bonds. The highest BCUT2D eigenvalue weighted by Gasteiger charge is 2.19. The third-order valence-electron chi connectivity index (χ3n) is 2.13. The Balaban J connectivity index is 2.54. The number of rotatable bonds is 3. The van der Waals surface area contributed by atoms with Crippen molar-refractivity contribution in [2.45, 2.75) is 6.55 Å². The Morgan fingerprint density at radius 3 is 2.78 bits per heavy atom. The minimum Gasteiger partial charge on any atom is -0.258 e. The molecular weight excluding hydrogens is 270 g/mol. The largest absolute Gasteiger partial charge is 0.333 e. The Morgan fingerprint density at radius 1 is 1.50 bits per heavy atom. The van der Waals surface area contributed by atoms with Crippen LogP contribution in [0, 0.1) is 10.1 Å². The van der Waals surface area contributed by atoms with E-state index in [9.17, 15) is 18.9 Å². The molecule has 0 saturated heterocycles. The van der Waals surface area contributed by atoms with E-state index in [1.165, 1.54) is 12.1 Å². The maximum absolute atomic E-state index is 12.4. The van der Waals surface area contributed by atoms with Crippen molar-refractivity contribution in [3.05, 3.63) is 39.8 Å². The van der Waals surface area contributed by atoms with E-state index in [0.29, 0.717) is 4.68 Å². The van der Waals surface area contributed by atoms with Crippen LogP contribution in [-0.4, -0.2) is 19.7 Å². The third-order valence-corrected chi connectivity index (χ3v) is 2.34. The first-order valence-corrected chi connectivity index (χ1v) is 5.00. The van der Waals surface area contributed by atoms with E-state index in [2.05, 4.69) is 10.1 Å². The highest BCUT2D eigenvalue weighted by atomic mass is 35.5. The average Bonchev–Trinajstić information content (AvgIpc) is 2.77. The summed E-state index contributed by atoms with van der Waals surface area (Å²) in [4.78, 5) is 13.7. The summed E-state index contributed by atoms with van der Waals surface area (Å²) in [5.41, 5.74) is -0.274. The van der Waals surface area contributed by atoms with Gasteiger partial charge in [0.05, 0.1) is 16.2 Å². The first kappa shape index (κ1) is 12.4. The van der Waals surface area contributed by atoms with Crippen LogP contribution in [0.2, 0.25) is 5.15 Å². The monoisotopic (exact) mass is 274 g/mol. The first-order valence-electron chi connectivity index (χ1n) is 4.62. The van der Waals surface area contributed by atoms with E-state index < -0.39 is 11.5 Å². The molecule has 2 aromatic heterocycles. The Kier molecular flexibility index (Phi) is 3.19. The molecule has 0 aromatic carbocycles. The second-order valence-corrected chi connectivity index (χ2v) is 3.63. The molecular formula is C9H5ClF2N4O2. The van der Waals surface area contributed by atoms with Crippen LogP contribution in [0.5, 0.6) is 0 Å². The lowest BCUT2D eigenvalue weighted by Crippen LogP contribution is -1.99. The molecule has 0 fully saturated rings. The van der Waals surface area contributed by atoms with Gasteiger partial charge >= 0.3 is 6.55 Å². The summed E-state index contributed by atoms with van der Waals surface area (Å²) in [5.74, 6) is 0. The molecule has 6 nitrogen and oxygen atoms in total. The van der Waals surface area contributed by atoms with Crippen LogP contribution in [0.1, 0.15) is 6.55 Å². The topological polar surface area (TPSA) is 73.8 Å². The summed E-state index contributed by atoms with van der Waals surface area (Å²) in [6.45, 7) is -2.81. The molecule has 94 valence electrons. The van der Waals surface area contributed by atoms with Gasteiger partial charge in [-0.2, -0.15) is 13.9 Å². The van der Waals surface area contributed by atoms with Crippen LogP contribution < -0.4 is 0 Å². The first-order chi connectivity index (χ1) is 8.49. The van der Waals surface area contributed by atoms with Gasteiger partial charge in [-0.05, 0) is 12.1 Å². The number of nitrogens with zero attached hydrogens (tertiary/aromatic N) is 4. The Bertz CT molecular complexity index is 602. The van der Waals surface area contributed by atoms with Gasteiger partial charge in [0.1, 0.15) is 11.3 Å². The molecule has 0 radical (unpaired) electrons. The van der Waals surface area contributed by atoms with Crippen LogP contribution >= 0.6 is 11.6 Å². The van der Waals surface area contributed by atoms with Crippen molar-refractivity contribution < 1.29 is 13.7 Å². The molecule has 0 unspecified atom stereocenters. The number of halogens is 3. The number of alkyl halides is 2. The molecule has 2 heterocycles. The molecule has 0 spiro atoms. The highest BCUT2D eigenvalue weighted by Crippen LogP contribution is 2.30. The van der Waals surface area contributed by atoms with Gasteiger partial charge in [-0.1, -0.05) is 11.6 Å². The lowest BCUT2D eigenvalue weighted by Gasteiger charge is -2.00.